The Bertz CT molecular complexity index is 892. The molecular weight excluding hydrogens is 707 g/mol. The van der Waals surface area contributed by atoms with Gasteiger partial charge in [-0.15, -0.1) is 0 Å². The fourth-order valence-electron chi connectivity index (χ4n) is 6.89. The van der Waals surface area contributed by atoms with Gasteiger partial charge in [0.2, 0.25) is 0 Å². The number of carbonyl (C=O) groups is 3. The monoisotopic (exact) mass is 798 g/mol. The molecule has 2 atom stereocenters. The zero-order chi connectivity index (χ0) is 41.4. The quantitative estimate of drug-likeness (QED) is 0.0259. The summed E-state index contributed by atoms with van der Waals surface area (Å²) in [6.45, 7) is 4.78. The third-order valence-electron chi connectivity index (χ3n) is 10.6. The smallest absolute Gasteiger partial charge is 0.306 e. The van der Waals surface area contributed by atoms with Crippen molar-refractivity contribution < 1.29 is 42.9 Å². The van der Waals surface area contributed by atoms with Crippen LogP contribution >= 0.6 is 0 Å². The number of carbonyl (C=O) groups excluding carboxylic acids is 3. The van der Waals surface area contributed by atoms with Crippen LogP contribution in [0.4, 0.5) is 0 Å². The van der Waals surface area contributed by atoms with E-state index in [0.29, 0.717) is 17.4 Å². The number of aliphatic carboxylic acids is 1. The standard InChI is InChI=1S/C47H91NO8/c1-6-8-10-12-14-16-18-20-22-24-26-28-30-32-34-36-38-45(50)56-43(42-55-47(46(51)52)53-40-39-48(3,4)5)41-54-44(49)37-35-33-31-29-27-25-23-21-19-17-15-13-11-9-7-2/h43,47H,6-42H2,1-5H3. The molecule has 0 fully saturated rings. The summed E-state index contributed by atoms with van der Waals surface area (Å²) in [5, 5.41) is 11.7. The molecule has 2 unspecified atom stereocenters. The molecule has 332 valence electrons. The Balaban J connectivity index is 4.36. The molecule has 0 aliphatic heterocycles. The van der Waals surface area contributed by atoms with E-state index in [9.17, 15) is 19.5 Å². The zero-order valence-corrected chi connectivity index (χ0v) is 37.5. The first-order valence-corrected chi connectivity index (χ1v) is 23.7. The average Bonchev–Trinajstić information content (AvgIpc) is 3.15. The second-order valence-electron chi connectivity index (χ2n) is 17.4. The average molecular weight is 798 g/mol. The Labute approximate surface area is 345 Å². The molecule has 0 rings (SSSR count). The molecule has 0 amide bonds. The van der Waals surface area contributed by atoms with Crippen molar-refractivity contribution in [3.63, 3.8) is 0 Å². The van der Waals surface area contributed by atoms with Crippen molar-refractivity contribution in [1.29, 1.82) is 0 Å². The van der Waals surface area contributed by atoms with E-state index in [1.165, 1.54) is 161 Å². The fraction of sp³-hybridized carbons (Fsp3) is 0.936. The number of likely N-dealkylation sites (N-methyl/N-ethyl adjacent to an activating group) is 1. The number of esters is 2. The van der Waals surface area contributed by atoms with Crippen LogP contribution in [0.1, 0.15) is 226 Å². The van der Waals surface area contributed by atoms with E-state index in [0.717, 1.165) is 38.5 Å². The fourth-order valence-corrected chi connectivity index (χ4v) is 6.89. The maximum Gasteiger partial charge on any atom is 0.306 e. The molecule has 0 bridgehead atoms. The van der Waals surface area contributed by atoms with Crippen LogP contribution in [-0.2, 0) is 33.3 Å². The van der Waals surface area contributed by atoms with Crippen LogP contribution in [0, 0.1) is 0 Å². The molecule has 0 heterocycles. The highest BCUT2D eigenvalue weighted by atomic mass is 16.7. The third-order valence-corrected chi connectivity index (χ3v) is 10.6. The van der Waals surface area contributed by atoms with Crippen molar-refractivity contribution in [2.24, 2.45) is 0 Å². The molecule has 0 aliphatic carbocycles. The van der Waals surface area contributed by atoms with Crippen LogP contribution in [0.3, 0.4) is 0 Å². The minimum Gasteiger partial charge on any atom is -0.545 e. The SMILES string of the molecule is CCCCCCCCCCCCCCCCCCC(=O)OC(COC(=O)CCCCCCCCCCCCCCCCC)COC(OCC[N+](C)(C)C)C(=O)[O-]. The van der Waals surface area contributed by atoms with E-state index < -0.39 is 24.3 Å². The minimum atomic E-state index is -1.61. The maximum absolute atomic E-state index is 12.8. The van der Waals surface area contributed by atoms with Crippen molar-refractivity contribution in [2.45, 2.75) is 238 Å². The van der Waals surface area contributed by atoms with E-state index in [1.54, 1.807) is 0 Å². The van der Waals surface area contributed by atoms with Gasteiger partial charge in [0.1, 0.15) is 13.2 Å². The molecule has 0 saturated heterocycles. The maximum atomic E-state index is 12.8. The van der Waals surface area contributed by atoms with E-state index in [-0.39, 0.29) is 32.2 Å². The molecule has 0 radical (unpaired) electrons. The van der Waals surface area contributed by atoms with Gasteiger partial charge in [-0.3, -0.25) is 9.59 Å². The lowest BCUT2D eigenvalue weighted by Gasteiger charge is -2.26. The lowest BCUT2D eigenvalue weighted by molar-refractivity contribution is -0.870. The number of carboxylic acid groups (broad SMARTS) is 1. The van der Waals surface area contributed by atoms with Crippen LogP contribution in [0.25, 0.3) is 0 Å². The van der Waals surface area contributed by atoms with Crippen molar-refractivity contribution in [1.82, 2.24) is 0 Å². The lowest BCUT2D eigenvalue weighted by atomic mass is 10.0. The van der Waals surface area contributed by atoms with E-state index in [4.69, 9.17) is 18.9 Å². The number of quaternary nitrogens is 1. The van der Waals surface area contributed by atoms with E-state index >= 15 is 0 Å². The topological polar surface area (TPSA) is 111 Å². The summed E-state index contributed by atoms with van der Waals surface area (Å²) in [5.74, 6) is -2.26. The summed E-state index contributed by atoms with van der Waals surface area (Å²) in [6.07, 6.45) is 36.9. The normalized spacial score (nSPS) is 12.8. The van der Waals surface area contributed by atoms with Crippen molar-refractivity contribution in [3.8, 4) is 0 Å². The highest BCUT2D eigenvalue weighted by Crippen LogP contribution is 2.16. The second kappa shape index (κ2) is 40.1. The predicted molar refractivity (Wildman–Crippen MR) is 228 cm³/mol. The molecule has 0 aliphatic rings. The Morgan fingerprint density at radius 1 is 0.464 bits per heavy atom. The highest BCUT2D eigenvalue weighted by Gasteiger charge is 2.21. The predicted octanol–water partition coefficient (Wildman–Crippen LogP) is 11.2. The zero-order valence-electron chi connectivity index (χ0n) is 37.5. The summed E-state index contributed by atoms with van der Waals surface area (Å²) in [5.41, 5.74) is 0. The summed E-state index contributed by atoms with van der Waals surface area (Å²) in [7, 11) is 5.92. The molecule has 0 N–H and O–H groups in total. The van der Waals surface area contributed by atoms with Gasteiger partial charge in [0.25, 0.3) is 0 Å². The van der Waals surface area contributed by atoms with Crippen molar-refractivity contribution >= 4 is 17.9 Å². The molecule has 0 aromatic heterocycles. The lowest BCUT2D eigenvalue weighted by Crippen LogP contribution is -2.44. The van der Waals surface area contributed by atoms with Crippen molar-refractivity contribution in [3.05, 3.63) is 0 Å². The van der Waals surface area contributed by atoms with Gasteiger partial charge in [-0.05, 0) is 12.8 Å². The van der Waals surface area contributed by atoms with Crippen LogP contribution in [-0.4, -0.2) is 82.3 Å². The van der Waals surface area contributed by atoms with Crippen LogP contribution in [0.2, 0.25) is 0 Å². The molecule has 0 aromatic carbocycles. The minimum absolute atomic E-state index is 0.153. The van der Waals surface area contributed by atoms with Crippen LogP contribution in [0.5, 0.6) is 0 Å². The van der Waals surface area contributed by atoms with Crippen LogP contribution < -0.4 is 5.11 Å². The van der Waals surface area contributed by atoms with Gasteiger partial charge >= 0.3 is 11.9 Å². The number of unbranched alkanes of at least 4 members (excludes halogenated alkanes) is 29. The Hall–Kier alpha value is -1.71. The summed E-state index contributed by atoms with van der Waals surface area (Å²) < 4.78 is 22.6. The largest absolute Gasteiger partial charge is 0.545 e. The summed E-state index contributed by atoms with van der Waals surface area (Å²) >= 11 is 0. The number of hydrogen-bond acceptors (Lipinski definition) is 8. The number of nitrogens with zero attached hydrogens (tertiary/aromatic N) is 1. The molecule has 9 nitrogen and oxygen atoms in total. The summed E-state index contributed by atoms with van der Waals surface area (Å²) in [4.78, 5) is 37.0. The van der Waals surface area contributed by atoms with Crippen LogP contribution in [0.15, 0.2) is 0 Å². The van der Waals surface area contributed by atoms with Gasteiger partial charge in [0, 0.05) is 12.8 Å². The Morgan fingerprint density at radius 2 is 0.804 bits per heavy atom. The molecular formula is C47H91NO8. The molecule has 0 spiro atoms. The first-order chi connectivity index (χ1) is 27.1. The molecule has 0 saturated carbocycles. The second-order valence-corrected chi connectivity index (χ2v) is 17.4. The highest BCUT2D eigenvalue weighted by molar-refractivity contribution is 5.70. The van der Waals surface area contributed by atoms with Crippen molar-refractivity contribution in [2.75, 3.05) is 47.5 Å². The molecule has 56 heavy (non-hydrogen) atoms. The Kier molecular flexibility index (Phi) is 38.9. The van der Waals surface area contributed by atoms with Gasteiger partial charge in [0.05, 0.1) is 40.3 Å². The van der Waals surface area contributed by atoms with Gasteiger partial charge in [0.15, 0.2) is 12.4 Å². The molecule has 0 aromatic rings. The first-order valence-electron chi connectivity index (χ1n) is 23.7. The number of ether oxygens (including phenoxy) is 4. The number of carboxylic acids is 1. The van der Waals surface area contributed by atoms with E-state index in [1.807, 2.05) is 21.1 Å². The number of hydrogen-bond donors (Lipinski definition) is 0. The third kappa shape index (κ3) is 40.5. The van der Waals surface area contributed by atoms with Gasteiger partial charge in [-0.1, -0.05) is 200 Å². The van der Waals surface area contributed by atoms with Gasteiger partial charge in [-0.25, -0.2) is 0 Å². The molecule has 9 heteroatoms. The summed E-state index contributed by atoms with van der Waals surface area (Å²) in [6, 6.07) is 0. The Morgan fingerprint density at radius 3 is 1.14 bits per heavy atom. The van der Waals surface area contributed by atoms with E-state index in [2.05, 4.69) is 13.8 Å². The first kappa shape index (κ1) is 54.3. The number of rotatable bonds is 44. The van der Waals surface area contributed by atoms with Gasteiger partial charge < -0.3 is 33.3 Å². The van der Waals surface area contributed by atoms with Gasteiger partial charge in [-0.2, -0.15) is 0 Å².